The van der Waals surface area contributed by atoms with E-state index in [-0.39, 0.29) is 17.0 Å². The zero-order valence-corrected chi connectivity index (χ0v) is 9.43. The minimum atomic E-state index is -4.18. The third kappa shape index (κ3) is 3.62. The maximum absolute atomic E-state index is 12.0. The van der Waals surface area contributed by atoms with Crippen LogP contribution in [0.4, 0.5) is 4.39 Å². The normalized spacial score (nSPS) is 21.0. The Kier molecular flexibility index (Phi) is 3.18. The van der Waals surface area contributed by atoms with E-state index in [2.05, 4.69) is 4.18 Å². The summed E-state index contributed by atoms with van der Waals surface area (Å²) in [6.07, 6.45) is 1.78. The lowest BCUT2D eigenvalue weighted by Gasteiger charge is -2.27. The Balaban J connectivity index is 2.84. The van der Waals surface area contributed by atoms with Gasteiger partial charge in [-0.25, -0.2) is 4.39 Å². The molecule has 4 nitrogen and oxygen atoms in total. The highest BCUT2D eigenvalue weighted by atomic mass is 32.2. The van der Waals surface area contributed by atoms with Crippen LogP contribution in [-0.4, -0.2) is 20.2 Å². The molecule has 0 amide bonds. The number of halogens is 1. The van der Waals surface area contributed by atoms with Crippen molar-refractivity contribution in [2.45, 2.75) is 26.7 Å². The van der Waals surface area contributed by atoms with Crippen molar-refractivity contribution in [2.75, 3.05) is 6.01 Å². The molecule has 0 spiro atoms. The molecule has 0 aromatic rings. The summed E-state index contributed by atoms with van der Waals surface area (Å²) < 4.78 is 38.1. The number of alkyl halides is 1. The standard InChI is InChI=1S/C9H13FO4S/c1-9(2)4-7(11)3-8(5-9)14-15(12,13)6-10/h3H,4-6H2,1-2H3. The van der Waals surface area contributed by atoms with Gasteiger partial charge in [0.05, 0.1) is 0 Å². The molecule has 0 radical (unpaired) electrons. The first kappa shape index (κ1) is 12.2. The quantitative estimate of drug-likeness (QED) is 0.697. The fourth-order valence-electron chi connectivity index (χ4n) is 1.53. The van der Waals surface area contributed by atoms with Gasteiger partial charge in [0.2, 0.25) is 6.01 Å². The molecule has 0 unspecified atom stereocenters. The summed E-state index contributed by atoms with van der Waals surface area (Å²) in [5, 5.41) is 0. The second kappa shape index (κ2) is 3.92. The number of rotatable bonds is 3. The van der Waals surface area contributed by atoms with Gasteiger partial charge in [-0.1, -0.05) is 13.8 Å². The van der Waals surface area contributed by atoms with E-state index in [0.717, 1.165) is 6.08 Å². The predicted molar refractivity (Wildman–Crippen MR) is 52.1 cm³/mol. The third-order valence-corrected chi connectivity index (χ3v) is 2.73. The van der Waals surface area contributed by atoms with Crippen LogP contribution in [0.5, 0.6) is 0 Å². The first-order chi connectivity index (χ1) is 6.74. The Labute approximate surface area is 88.2 Å². The Morgan fingerprint density at radius 1 is 1.47 bits per heavy atom. The number of hydrogen-bond acceptors (Lipinski definition) is 4. The van der Waals surface area contributed by atoms with Crippen molar-refractivity contribution in [3.05, 3.63) is 11.8 Å². The van der Waals surface area contributed by atoms with Gasteiger partial charge in [0.1, 0.15) is 5.76 Å². The molecule has 0 saturated heterocycles. The van der Waals surface area contributed by atoms with Crippen molar-refractivity contribution in [1.29, 1.82) is 0 Å². The Hall–Kier alpha value is -0.910. The van der Waals surface area contributed by atoms with E-state index < -0.39 is 16.1 Å². The number of hydrogen-bond donors (Lipinski definition) is 0. The van der Waals surface area contributed by atoms with Crippen LogP contribution >= 0.6 is 0 Å². The van der Waals surface area contributed by atoms with Crippen molar-refractivity contribution in [3.63, 3.8) is 0 Å². The molecule has 0 bridgehead atoms. The highest BCUT2D eigenvalue weighted by molar-refractivity contribution is 7.86. The van der Waals surface area contributed by atoms with Gasteiger partial charge in [-0.05, 0) is 5.41 Å². The second-order valence-corrected chi connectivity index (χ2v) is 5.85. The largest absolute Gasteiger partial charge is 0.385 e. The average Bonchev–Trinajstić information content (AvgIpc) is 1.99. The molecule has 0 aliphatic heterocycles. The smallest absolute Gasteiger partial charge is 0.338 e. The molecule has 1 aliphatic carbocycles. The molecule has 0 N–H and O–H groups in total. The van der Waals surface area contributed by atoms with Crippen LogP contribution in [0.15, 0.2) is 11.8 Å². The molecular formula is C9H13FO4S. The minimum Gasteiger partial charge on any atom is -0.385 e. The lowest BCUT2D eigenvalue weighted by Crippen LogP contribution is -2.24. The fourth-order valence-corrected chi connectivity index (χ4v) is 2.00. The van der Waals surface area contributed by atoms with Crippen LogP contribution in [0.25, 0.3) is 0 Å². The van der Waals surface area contributed by atoms with Gasteiger partial charge in [0.15, 0.2) is 5.78 Å². The van der Waals surface area contributed by atoms with Gasteiger partial charge in [0.25, 0.3) is 0 Å². The lowest BCUT2D eigenvalue weighted by atomic mass is 9.80. The predicted octanol–water partition coefficient (Wildman–Crippen LogP) is 1.53. The summed E-state index contributed by atoms with van der Waals surface area (Å²) >= 11 is 0. The van der Waals surface area contributed by atoms with Crippen molar-refractivity contribution in [2.24, 2.45) is 5.41 Å². The van der Waals surface area contributed by atoms with Crippen molar-refractivity contribution < 1.29 is 21.8 Å². The zero-order chi connectivity index (χ0) is 11.7. The molecule has 6 heteroatoms. The third-order valence-electron chi connectivity index (χ3n) is 2.00. The molecule has 0 heterocycles. The van der Waals surface area contributed by atoms with Gasteiger partial charge in [-0.2, -0.15) is 8.42 Å². The Bertz CT molecular complexity index is 394. The Morgan fingerprint density at radius 3 is 2.53 bits per heavy atom. The maximum Gasteiger partial charge on any atom is 0.338 e. The Morgan fingerprint density at radius 2 is 2.07 bits per heavy atom. The van der Waals surface area contributed by atoms with E-state index in [1.54, 1.807) is 0 Å². The summed E-state index contributed by atoms with van der Waals surface area (Å²) in [4.78, 5) is 11.2. The molecular weight excluding hydrogens is 223 g/mol. The highest BCUT2D eigenvalue weighted by Crippen LogP contribution is 2.34. The first-order valence-electron chi connectivity index (χ1n) is 4.46. The molecule has 0 aromatic heterocycles. The van der Waals surface area contributed by atoms with E-state index in [0.29, 0.717) is 12.8 Å². The highest BCUT2D eigenvalue weighted by Gasteiger charge is 2.30. The molecule has 86 valence electrons. The maximum atomic E-state index is 12.0. The lowest BCUT2D eigenvalue weighted by molar-refractivity contribution is -0.117. The van der Waals surface area contributed by atoms with Crippen molar-refractivity contribution in [3.8, 4) is 0 Å². The van der Waals surface area contributed by atoms with Crippen molar-refractivity contribution in [1.82, 2.24) is 0 Å². The topological polar surface area (TPSA) is 60.4 Å². The second-order valence-electron chi connectivity index (χ2n) is 4.34. The van der Waals surface area contributed by atoms with Crippen LogP contribution in [0.2, 0.25) is 0 Å². The molecule has 0 atom stereocenters. The first-order valence-corrected chi connectivity index (χ1v) is 6.03. The van der Waals surface area contributed by atoms with Crippen LogP contribution in [0.3, 0.4) is 0 Å². The zero-order valence-electron chi connectivity index (χ0n) is 8.62. The van der Waals surface area contributed by atoms with Gasteiger partial charge in [-0.15, -0.1) is 0 Å². The van der Waals surface area contributed by atoms with Gasteiger partial charge in [0, 0.05) is 18.9 Å². The summed E-state index contributed by atoms with van der Waals surface area (Å²) in [6.45, 7) is 3.65. The molecule has 15 heavy (non-hydrogen) atoms. The van der Waals surface area contributed by atoms with Crippen LogP contribution in [-0.2, 0) is 19.1 Å². The molecule has 0 fully saturated rings. The number of carbonyl (C=O) groups is 1. The van der Waals surface area contributed by atoms with E-state index >= 15 is 0 Å². The molecule has 1 aliphatic rings. The SMILES string of the molecule is CC1(C)CC(=O)C=C(OS(=O)(=O)CF)C1. The number of ketones is 1. The van der Waals surface area contributed by atoms with Gasteiger partial charge in [-0.3, -0.25) is 4.79 Å². The summed E-state index contributed by atoms with van der Waals surface area (Å²) in [7, 11) is -4.18. The summed E-state index contributed by atoms with van der Waals surface area (Å²) in [5.41, 5.74) is -0.340. The summed E-state index contributed by atoms with van der Waals surface area (Å²) in [6, 6.07) is -1.58. The van der Waals surface area contributed by atoms with Crippen molar-refractivity contribution >= 4 is 15.9 Å². The monoisotopic (exact) mass is 236 g/mol. The number of carbonyl (C=O) groups excluding carboxylic acids is 1. The van der Waals surface area contributed by atoms with Crippen LogP contribution < -0.4 is 0 Å². The van der Waals surface area contributed by atoms with E-state index in [9.17, 15) is 17.6 Å². The number of allylic oxidation sites excluding steroid dienone is 2. The van der Waals surface area contributed by atoms with E-state index in [1.165, 1.54) is 0 Å². The average molecular weight is 236 g/mol. The molecule has 0 aromatic carbocycles. The van der Waals surface area contributed by atoms with Crippen LogP contribution in [0.1, 0.15) is 26.7 Å². The fraction of sp³-hybridized carbons (Fsp3) is 0.667. The van der Waals surface area contributed by atoms with Gasteiger partial charge >= 0.3 is 10.1 Å². The molecule has 1 rings (SSSR count). The van der Waals surface area contributed by atoms with Gasteiger partial charge < -0.3 is 4.18 Å². The van der Waals surface area contributed by atoms with Crippen LogP contribution in [0, 0.1) is 5.41 Å². The minimum absolute atomic E-state index is 0.0221. The van der Waals surface area contributed by atoms with E-state index in [4.69, 9.17) is 0 Å². The van der Waals surface area contributed by atoms with E-state index in [1.807, 2.05) is 13.8 Å². The molecule has 0 saturated carbocycles. The summed E-state index contributed by atoms with van der Waals surface area (Å²) in [5.74, 6) is -0.177.